The van der Waals surface area contributed by atoms with E-state index in [1.54, 1.807) is 4.68 Å². The Hall–Kier alpha value is -2.96. The summed E-state index contributed by atoms with van der Waals surface area (Å²) >= 11 is 0. The third-order valence-corrected chi connectivity index (χ3v) is 5.71. The van der Waals surface area contributed by atoms with Gasteiger partial charge in [-0.05, 0) is 49.2 Å². The zero-order chi connectivity index (χ0) is 20.9. The number of morpholine rings is 1. The third-order valence-electron chi connectivity index (χ3n) is 5.71. The molecule has 0 radical (unpaired) electrons. The number of carbonyl (C=O) groups is 1. The van der Waals surface area contributed by atoms with Crippen molar-refractivity contribution in [2.24, 2.45) is 0 Å². The van der Waals surface area contributed by atoms with E-state index in [1.165, 1.54) is 16.0 Å². The predicted molar refractivity (Wildman–Crippen MR) is 117 cm³/mol. The molecule has 30 heavy (non-hydrogen) atoms. The molecule has 1 aliphatic heterocycles. The Labute approximate surface area is 177 Å². The molecule has 0 atom stereocenters. The number of amides is 1. The highest BCUT2D eigenvalue weighted by atomic mass is 16.5. The minimum Gasteiger partial charge on any atom is -0.370 e. The van der Waals surface area contributed by atoms with Crippen molar-refractivity contribution in [3.05, 3.63) is 71.4 Å². The number of aryl methyl sites for hydroxylation is 2. The summed E-state index contributed by atoms with van der Waals surface area (Å²) < 4.78 is 7.14. The number of ether oxygens (including phenoxy) is 1. The standard InChI is InChI=1S/C24H28N4O2/c1-18-8-9-20(16-19(18)2)22-17-23(28(26-22)21-6-4-3-5-7-21)24(29)25-10-11-27-12-14-30-15-13-27/h3-9,16-17H,10-15H2,1-2H3,(H,25,29)/p+1. The molecular formula is C24H29N4O2+. The largest absolute Gasteiger partial charge is 0.370 e. The Morgan fingerprint density at radius 1 is 1.07 bits per heavy atom. The van der Waals surface area contributed by atoms with Crippen LogP contribution in [0.15, 0.2) is 54.6 Å². The van der Waals surface area contributed by atoms with E-state index >= 15 is 0 Å². The van der Waals surface area contributed by atoms with Crippen molar-refractivity contribution in [3.8, 4) is 16.9 Å². The van der Waals surface area contributed by atoms with Crippen LogP contribution in [-0.4, -0.2) is 55.1 Å². The lowest BCUT2D eigenvalue weighted by atomic mass is 10.0. The first kappa shape index (κ1) is 20.3. The Kier molecular flexibility index (Phi) is 6.26. The van der Waals surface area contributed by atoms with Gasteiger partial charge in [-0.3, -0.25) is 4.79 Å². The molecule has 2 aromatic carbocycles. The average Bonchev–Trinajstić information content (AvgIpc) is 3.23. The molecule has 0 aliphatic carbocycles. The Bertz CT molecular complexity index is 1010. The van der Waals surface area contributed by atoms with Crippen LogP contribution in [0, 0.1) is 13.8 Å². The van der Waals surface area contributed by atoms with E-state index in [0.29, 0.717) is 12.2 Å². The number of hydrogen-bond acceptors (Lipinski definition) is 3. The van der Waals surface area contributed by atoms with E-state index in [-0.39, 0.29) is 5.91 Å². The molecule has 3 aromatic rings. The fraction of sp³-hybridized carbons (Fsp3) is 0.333. The summed E-state index contributed by atoms with van der Waals surface area (Å²) in [5, 5.41) is 7.85. The summed E-state index contributed by atoms with van der Waals surface area (Å²) in [6.45, 7) is 9.30. The summed E-state index contributed by atoms with van der Waals surface area (Å²) in [5.74, 6) is -0.103. The molecule has 6 heteroatoms. The van der Waals surface area contributed by atoms with Crippen LogP contribution in [0.1, 0.15) is 21.6 Å². The minimum absolute atomic E-state index is 0.103. The van der Waals surface area contributed by atoms with E-state index in [4.69, 9.17) is 9.84 Å². The van der Waals surface area contributed by atoms with Crippen LogP contribution in [0.3, 0.4) is 0 Å². The lowest BCUT2D eigenvalue weighted by molar-refractivity contribution is -0.906. The number of para-hydroxylation sites is 1. The lowest BCUT2D eigenvalue weighted by Gasteiger charge is -2.23. The zero-order valence-corrected chi connectivity index (χ0v) is 17.6. The third kappa shape index (κ3) is 4.61. The quantitative estimate of drug-likeness (QED) is 0.658. The number of carbonyl (C=O) groups excluding carboxylic acids is 1. The Morgan fingerprint density at radius 2 is 1.83 bits per heavy atom. The first-order chi connectivity index (χ1) is 14.6. The summed E-state index contributed by atoms with van der Waals surface area (Å²) in [5.41, 5.74) is 5.68. The number of rotatable bonds is 6. The van der Waals surface area contributed by atoms with E-state index in [2.05, 4.69) is 37.4 Å². The number of quaternary nitrogens is 1. The van der Waals surface area contributed by atoms with Gasteiger partial charge >= 0.3 is 0 Å². The molecule has 156 valence electrons. The second-order valence-corrected chi connectivity index (χ2v) is 7.83. The molecule has 0 spiro atoms. The van der Waals surface area contributed by atoms with Crippen LogP contribution in [0.2, 0.25) is 0 Å². The average molecular weight is 406 g/mol. The molecule has 4 rings (SSSR count). The maximum absolute atomic E-state index is 13.0. The first-order valence-corrected chi connectivity index (χ1v) is 10.5. The van der Waals surface area contributed by atoms with Gasteiger partial charge in [0, 0.05) is 5.56 Å². The number of aromatic nitrogens is 2. The molecule has 2 heterocycles. The van der Waals surface area contributed by atoms with Crippen molar-refractivity contribution < 1.29 is 14.4 Å². The van der Waals surface area contributed by atoms with Crippen LogP contribution in [0.5, 0.6) is 0 Å². The molecule has 1 aromatic heterocycles. The number of benzene rings is 2. The molecule has 0 bridgehead atoms. The highest BCUT2D eigenvalue weighted by molar-refractivity contribution is 5.94. The molecule has 1 saturated heterocycles. The fourth-order valence-corrected chi connectivity index (χ4v) is 3.70. The van der Waals surface area contributed by atoms with Crippen molar-refractivity contribution in [3.63, 3.8) is 0 Å². The van der Waals surface area contributed by atoms with Gasteiger partial charge in [0.05, 0.1) is 37.7 Å². The van der Waals surface area contributed by atoms with Crippen molar-refractivity contribution in [2.45, 2.75) is 13.8 Å². The van der Waals surface area contributed by atoms with Gasteiger partial charge in [0.25, 0.3) is 5.91 Å². The van der Waals surface area contributed by atoms with Crippen molar-refractivity contribution in [2.75, 3.05) is 39.4 Å². The maximum Gasteiger partial charge on any atom is 0.270 e. The van der Waals surface area contributed by atoms with Gasteiger partial charge < -0.3 is 15.0 Å². The normalized spacial score (nSPS) is 14.6. The van der Waals surface area contributed by atoms with E-state index in [0.717, 1.165) is 49.8 Å². The van der Waals surface area contributed by atoms with Crippen LogP contribution in [0.25, 0.3) is 16.9 Å². The van der Waals surface area contributed by atoms with E-state index < -0.39 is 0 Å². The molecule has 6 nitrogen and oxygen atoms in total. The lowest BCUT2D eigenvalue weighted by Crippen LogP contribution is -3.14. The zero-order valence-electron chi connectivity index (χ0n) is 17.6. The SMILES string of the molecule is Cc1ccc(-c2cc(C(=O)NCC[NH+]3CCOCC3)n(-c3ccccc3)n2)cc1C. The highest BCUT2D eigenvalue weighted by Gasteiger charge is 2.19. The van der Waals surface area contributed by atoms with E-state index in [1.807, 2.05) is 36.4 Å². The van der Waals surface area contributed by atoms with Crippen LogP contribution in [-0.2, 0) is 4.74 Å². The minimum atomic E-state index is -0.103. The van der Waals surface area contributed by atoms with E-state index in [9.17, 15) is 4.79 Å². The number of nitrogens with one attached hydrogen (secondary N) is 2. The van der Waals surface area contributed by atoms with Gasteiger partial charge in [0.15, 0.2) is 0 Å². The summed E-state index contributed by atoms with van der Waals surface area (Å²) in [6, 6.07) is 18.0. The van der Waals surface area contributed by atoms with Gasteiger partial charge in [0.2, 0.25) is 0 Å². The van der Waals surface area contributed by atoms with Crippen molar-refractivity contribution >= 4 is 5.91 Å². The molecular weight excluding hydrogens is 376 g/mol. The molecule has 0 saturated carbocycles. The molecule has 1 fully saturated rings. The van der Waals surface area contributed by atoms with Gasteiger partial charge in [-0.25, -0.2) is 4.68 Å². The molecule has 1 aliphatic rings. The molecule has 2 N–H and O–H groups in total. The topological polar surface area (TPSA) is 60.6 Å². The summed E-state index contributed by atoms with van der Waals surface area (Å²) in [6.07, 6.45) is 0. The second kappa shape index (κ2) is 9.24. The monoisotopic (exact) mass is 405 g/mol. The van der Waals surface area contributed by atoms with Crippen molar-refractivity contribution in [1.29, 1.82) is 0 Å². The second-order valence-electron chi connectivity index (χ2n) is 7.83. The van der Waals surface area contributed by atoms with Gasteiger partial charge in [0.1, 0.15) is 18.8 Å². The molecule has 0 unspecified atom stereocenters. The fourth-order valence-electron chi connectivity index (χ4n) is 3.70. The van der Waals surface area contributed by atoms with Gasteiger partial charge in [-0.15, -0.1) is 0 Å². The Morgan fingerprint density at radius 3 is 2.57 bits per heavy atom. The van der Waals surface area contributed by atoms with Crippen LogP contribution in [0.4, 0.5) is 0 Å². The highest BCUT2D eigenvalue weighted by Crippen LogP contribution is 2.24. The van der Waals surface area contributed by atoms with Gasteiger partial charge in [-0.2, -0.15) is 5.10 Å². The van der Waals surface area contributed by atoms with Crippen molar-refractivity contribution in [1.82, 2.24) is 15.1 Å². The first-order valence-electron chi connectivity index (χ1n) is 10.5. The van der Waals surface area contributed by atoms with Gasteiger partial charge in [-0.1, -0.05) is 30.3 Å². The molecule has 1 amide bonds. The Balaban J connectivity index is 1.57. The maximum atomic E-state index is 13.0. The predicted octanol–water partition coefficient (Wildman–Crippen LogP) is 1.80. The smallest absolute Gasteiger partial charge is 0.270 e. The number of hydrogen-bond donors (Lipinski definition) is 2. The van der Waals surface area contributed by atoms with Crippen LogP contribution >= 0.6 is 0 Å². The summed E-state index contributed by atoms with van der Waals surface area (Å²) in [4.78, 5) is 14.5. The number of nitrogens with zero attached hydrogens (tertiary/aromatic N) is 2. The van der Waals surface area contributed by atoms with Crippen LogP contribution < -0.4 is 10.2 Å². The summed E-state index contributed by atoms with van der Waals surface area (Å²) in [7, 11) is 0.